The van der Waals surface area contributed by atoms with E-state index in [0.717, 1.165) is 36.1 Å². The molecule has 0 bridgehead atoms. The van der Waals surface area contributed by atoms with Crippen LogP contribution < -0.4 is 5.32 Å². The van der Waals surface area contributed by atoms with Gasteiger partial charge in [0.05, 0.1) is 5.69 Å². The van der Waals surface area contributed by atoms with Crippen molar-refractivity contribution in [2.75, 3.05) is 5.32 Å². The van der Waals surface area contributed by atoms with E-state index < -0.39 is 0 Å². The zero-order valence-corrected chi connectivity index (χ0v) is 14.7. The Hall–Kier alpha value is -2.10. The minimum absolute atomic E-state index is 0.197. The molecule has 0 saturated heterocycles. The third kappa shape index (κ3) is 2.99. The molecule has 25 heavy (non-hydrogen) atoms. The maximum absolute atomic E-state index is 12.5. The van der Waals surface area contributed by atoms with Crippen molar-refractivity contribution in [1.82, 2.24) is 9.78 Å². The summed E-state index contributed by atoms with van der Waals surface area (Å²) in [6, 6.07) is 8.42. The summed E-state index contributed by atoms with van der Waals surface area (Å²) in [6.45, 7) is 0. The molecule has 1 aromatic heterocycles. The Balaban J connectivity index is 1.34. The van der Waals surface area contributed by atoms with Gasteiger partial charge in [-0.05, 0) is 80.0 Å². The molecule has 1 heterocycles. The van der Waals surface area contributed by atoms with Crippen LogP contribution in [0.1, 0.15) is 50.0 Å². The summed E-state index contributed by atoms with van der Waals surface area (Å²) >= 11 is 0. The fourth-order valence-electron chi connectivity index (χ4n) is 4.24. The van der Waals surface area contributed by atoms with Crippen molar-refractivity contribution < 1.29 is 4.79 Å². The molecule has 4 nitrogen and oxygen atoms in total. The summed E-state index contributed by atoms with van der Waals surface area (Å²) < 4.78 is 1.84. The monoisotopic (exact) mass is 335 g/mol. The molecule has 0 unspecified atom stereocenters. The highest BCUT2D eigenvalue weighted by molar-refractivity contribution is 5.94. The van der Waals surface area contributed by atoms with E-state index >= 15 is 0 Å². The number of aromatic nitrogens is 2. The molecule has 130 valence electrons. The van der Waals surface area contributed by atoms with E-state index in [1.807, 2.05) is 17.9 Å². The van der Waals surface area contributed by atoms with Gasteiger partial charge >= 0.3 is 0 Å². The Kier molecular flexibility index (Phi) is 3.47. The normalized spacial score (nSPS) is 25.5. The zero-order chi connectivity index (χ0) is 17.0. The molecule has 0 spiro atoms. The van der Waals surface area contributed by atoms with Crippen LogP contribution in [0.4, 0.5) is 5.69 Å². The van der Waals surface area contributed by atoms with Gasteiger partial charge < -0.3 is 5.32 Å². The molecule has 0 aliphatic heterocycles. The number of nitrogens with zero attached hydrogens (tertiary/aromatic N) is 2. The van der Waals surface area contributed by atoms with Crippen molar-refractivity contribution in [3.63, 3.8) is 0 Å². The first kappa shape index (κ1) is 15.2. The van der Waals surface area contributed by atoms with E-state index in [-0.39, 0.29) is 11.8 Å². The molecule has 1 amide bonds. The average Bonchev–Trinajstić information content (AvgIpc) is 3.46. The maximum atomic E-state index is 12.5. The molecule has 3 aliphatic rings. The van der Waals surface area contributed by atoms with Crippen molar-refractivity contribution in [1.29, 1.82) is 0 Å². The number of benzene rings is 1. The number of anilines is 1. The smallest absolute Gasteiger partial charge is 0.227 e. The third-order valence-corrected chi connectivity index (χ3v) is 6.16. The second-order valence-electron chi connectivity index (χ2n) is 8.21. The van der Waals surface area contributed by atoms with Gasteiger partial charge in [-0.3, -0.25) is 9.48 Å². The highest BCUT2D eigenvalue weighted by Gasteiger charge is 2.42. The van der Waals surface area contributed by atoms with Gasteiger partial charge in [-0.25, -0.2) is 0 Å². The maximum Gasteiger partial charge on any atom is 0.227 e. The number of hydrogen-bond donors (Lipinski definition) is 1. The van der Waals surface area contributed by atoms with Crippen LogP contribution in [-0.4, -0.2) is 15.7 Å². The second kappa shape index (κ2) is 5.72. The summed E-state index contributed by atoms with van der Waals surface area (Å²) in [5.74, 6) is 2.82. The van der Waals surface area contributed by atoms with Crippen LogP contribution in [0.2, 0.25) is 0 Å². The van der Waals surface area contributed by atoms with Crippen LogP contribution >= 0.6 is 0 Å². The predicted molar refractivity (Wildman–Crippen MR) is 98.2 cm³/mol. The number of rotatable bonds is 5. The Morgan fingerprint density at radius 2 is 1.92 bits per heavy atom. The molecule has 1 aromatic carbocycles. The SMILES string of the molecule is Cn1ccc(-c2cc(NC(=O)C3CC(C4CC4)C3)ccc2C2CC2)n1. The predicted octanol–water partition coefficient (Wildman–Crippen LogP) is 4.34. The Morgan fingerprint density at radius 1 is 1.12 bits per heavy atom. The number of nitrogens with one attached hydrogen (secondary N) is 1. The molecule has 1 N–H and O–H groups in total. The first-order valence-corrected chi connectivity index (χ1v) is 9.62. The summed E-state index contributed by atoms with van der Waals surface area (Å²) in [5, 5.41) is 7.73. The van der Waals surface area contributed by atoms with Gasteiger partial charge in [0.2, 0.25) is 5.91 Å². The van der Waals surface area contributed by atoms with Crippen LogP contribution in [0.25, 0.3) is 11.3 Å². The van der Waals surface area contributed by atoms with Crippen LogP contribution in [0.5, 0.6) is 0 Å². The van der Waals surface area contributed by atoms with Gasteiger partial charge in [-0.15, -0.1) is 0 Å². The van der Waals surface area contributed by atoms with Crippen molar-refractivity contribution in [2.24, 2.45) is 24.8 Å². The topological polar surface area (TPSA) is 46.9 Å². The molecule has 3 fully saturated rings. The number of hydrogen-bond acceptors (Lipinski definition) is 2. The number of amides is 1. The third-order valence-electron chi connectivity index (χ3n) is 6.16. The fraction of sp³-hybridized carbons (Fsp3) is 0.524. The lowest BCUT2D eigenvalue weighted by Crippen LogP contribution is -2.35. The standard InChI is InChI=1S/C21H25N3O/c1-24-9-8-20(23-24)19-12-17(6-7-18(19)14-4-5-14)22-21(25)16-10-15(11-16)13-2-3-13/h6-9,12-16H,2-5,10-11H2,1H3,(H,22,25). The van der Waals surface area contributed by atoms with Gasteiger partial charge in [0.15, 0.2) is 0 Å². The number of carbonyl (C=O) groups is 1. The molecule has 2 aromatic rings. The van der Waals surface area contributed by atoms with Gasteiger partial charge in [0, 0.05) is 30.4 Å². The van der Waals surface area contributed by atoms with Gasteiger partial charge in [0.25, 0.3) is 0 Å². The lowest BCUT2D eigenvalue weighted by atomic mass is 9.72. The molecular weight excluding hydrogens is 310 g/mol. The Bertz CT molecular complexity index is 810. The largest absolute Gasteiger partial charge is 0.326 e. The van der Waals surface area contributed by atoms with Crippen molar-refractivity contribution in [2.45, 2.75) is 44.4 Å². The van der Waals surface area contributed by atoms with E-state index in [1.54, 1.807) is 0 Å². The van der Waals surface area contributed by atoms with Crippen molar-refractivity contribution >= 4 is 11.6 Å². The van der Waals surface area contributed by atoms with E-state index in [0.29, 0.717) is 5.92 Å². The first-order valence-electron chi connectivity index (χ1n) is 9.62. The van der Waals surface area contributed by atoms with E-state index in [2.05, 4.69) is 34.7 Å². The van der Waals surface area contributed by atoms with E-state index in [1.165, 1.54) is 36.8 Å². The van der Waals surface area contributed by atoms with Crippen LogP contribution in [-0.2, 0) is 11.8 Å². The molecule has 0 radical (unpaired) electrons. The van der Waals surface area contributed by atoms with Crippen molar-refractivity contribution in [3.8, 4) is 11.3 Å². The quantitative estimate of drug-likeness (QED) is 0.883. The lowest BCUT2D eigenvalue weighted by Gasteiger charge is -2.34. The number of carbonyl (C=O) groups excluding carboxylic acids is 1. The van der Waals surface area contributed by atoms with Gasteiger partial charge in [0.1, 0.15) is 0 Å². The highest BCUT2D eigenvalue weighted by Crippen LogP contribution is 2.50. The summed E-state index contributed by atoms with van der Waals surface area (Å²) in [7, 11) is 1.94. The van der Waals surface area contributed by atoms with Gasteiger partial charge in [-0.2, -0.15) is 5.10 Å². The minimum atomic E-state index is 0.197. The van der Waals surface area contributed by atoms with E-state index in [4.69, 9.17) is 0 Å². The average molecular weight is 335 g/mol. The summed E-state index contributed by atoms with van der Waals surface area (Å²) in [4.78, 5) is 12.5. The molecule has 4 heteroatoms. The molecule has 5 rings (SSSR count). The molecule has 0 atom stereocenters. The van der Waals surface area contributed by atoms with Crippen molar-refractivity contribution in [3.05, 3.63) is 36.0 Å². The summed E-state index contributed by atoms with van der Waals surface area (Å²) in [5.41, 5.74) is 4.45. The first-order chi connectivity index (χ1) is 12.2. The molecule has 3 aliphatic carbocycles. The lowest BCUT2D eigenvalue weighted by molar-refractivity contribution is -0.124. The molecule has 3 saturated carbocycles. The Morgan fingerprint density at radius 3 is 2.56 bits per heavy atom. The van der Waals surface area contributed by atoms with Crippen LogP contribution in [0.3, 0.4) is 0 Å². The highest BCUT2D eigenvalue weighted by atomic mass is 16.1. The summed E-state index contributed by atoms with van der Waals surface area (Å²) in [6.07, 6.45) is 9.44. The van der Waals surface area contributed by atoms with E-state index in [9.17, 15) is 4.79 Å². The van der Waals surface area contributed by atoms with Crippen LogP contribution in [0, 0.1) is 17.8 Å². The van der Waals surface area contributed by atoms with Crippen LogP contribution in [0.15, 0.2) is 30.5 Å². The second-order valence-corrected chi connectivity index (χ2v) is 8.21. The molecular formula is C21H25N3O. The minimum Gasteiger partial charge on any atom is -0.326 e. The number of aryl methyl sites for hydroxylation is 1. The van der Waals surface area contributed by atoms with Gasteiger partial charge in [-0.1, -0.05) is 6.07 Å². The Labute approximate surface area is 148 Å². The zero-order valence-electron chi connectivity index (χ0n) is 14.7. The fourth-order valence-corrected chi connectivity index (χ4v) is 4.24.